The molecular formula is C10H13ClN4O2. The average molecular weight is 257 g/mol. The van der Waals surface area contributed by atoms with Gasteiger partial charge < -0.3 is 16.8 Å². The van der Waals surface area contributed by atoms with Crippen LogP contribution in [0.25, 0.3) is 0 Å². The molecule has 17 heavy (non-hydrogen) atoms. The Morgan fingerprint density at radius 1 is 1.47 bits per heavy atom. The van der Waals surface area contributed by atoms with Crippen LogP contribution in [-0.2, 0) is 4.79 Å². The number of primary amides is 1. The fourth-order valence-electron chi connectivity index (χ4n) is 0.990. The number of halogens is 1. The molecule has 0 bridgehead atoms. The highest BCUT2D eigenvalue weighted by Crippen LogP contribution is 2.17. The molecule has 0 saturated heterocycles. The third kappa shape index (κ3) is 3.07. The Morgan fingerprint density at radius 2 is 2.06 bits per heavy atom. The summed E-state index contributed by atoms with van der Waals surface area (Å²) in [6.07, 6.45) is 1.27. The van der Waals surface area contributed by atoms with Crippen molar-refractivity contribution < 1.29 is 9.59 Å². The molecule has 0 atom stereocenters. The summed E-state index contributed by atoms with van der Waals surface area (Å²) >= 11 is 5.73. The van der Waals surface area contributed by atoms with Crippen LogP contribution in [0.2, 0.25) is 5.02 Å². The lowest BCUT2D eigenvalue weighted by Gasteiger charge is -2.22. The highest BCUT2D eigenvalue weighted by Gasteiger charge is 2.27. The summed E-state index contributed by atoms with van der Waals surface area (Å²) in [4.78, 5) is 26.6. The van der Waals surface area contributed by atoms with Crippen molar-refractivity contribution in [3.63, 3.8) is 0 Å². The van der Waals surface area contributed by atoms with Crippen molar-refractivity contribution in [3.8, 4) is 0 Å². The monoisotopic (exact) mass is 256 g/mol. The molecule has 0 spiro atoms. The van der Waals surface area contributed by atoms with Gasteiger partial charge in [-0.3, -0.25) is 9.59 Å². The van der Waals surface area contributed by atoms with E-state index in [1.165, 1.54) is 26.1 Å². The van der Waals surface area contributed by atoms with E-state index in [1.54, 1.807) is 0 Å². The molecule has 1 rings (SSSR count). The summed E-state index contributed by atoms with van der Waals surface area (Å²) in [5.74, 6) is -0.999. The second-order valence-electron chi connectivity index (χ2n) is 4.03. The lowest BCUT2D eigenvalue weighted by molar-refractivity contribution is -0.122. The number of carbonyl (C=O) groups excluding carboxylic acids is 2. The number of carbonyl (C=O) groups is 2. The van der Waals surface area contributed by atoms with Crippen LogP contribution in [0.15, 0.2) is 12.3 Å². The molecule has 0 radical (unpaired) electrons. The van der Waals surface area contributed by atoms with Gasteiger partial charge in [-0.2, -0.15) is 0 Å². The maximum absolute atomic E-state index is 11.8. The van der Waals surface area contributed by atoms with Crippen molar-refractivity contribution in [2.45, 2.75) is 19.4 Å². The van der Waals surface area contributed by atoms with Gasteiger partial charge in [0.05, 0.1) is 10.6 Å². The summed E-state index contributed by atoms with van der Waals surface area (Å²) in [6, 6.07) is 1.37. The second kappa shape index (κ2) is 4.58. The van der Waals surface area contributed by atoms with Gasteiger partial charge in [0.15, 0.2) is 0 Å². The minimum atomic E-state index is -1.15. The van der Waals surface area contributed by atoms with Crippen molar-refractivity contribution in [1.29, 1.82) is 0 Å². The highest BCUT2D eigenvalue weighted by atomic mass is 35.5. The molecule has 7 heteroatoms. The number of hydrogen-bond donors (Lipinski definition) is 3. The number of nitrogens with zero attached hydrogens (tertiary/aromatic N) is 1. The molecule has 0 aliphatic rings. The Hall–Kier alpha value is -1.82. The first-order valence-corrected chi connectivity index (χ1v) is 5.15. The van der Waals surface area contributed by atoms with E-state index in [0.29, 0.717) is 0 Å². The summed E-state index contributed by atoms with van der Waals surface area (Å²) in [5, 5.41) is 2.64. The van der Waals surface area contributed by atoms with E-state index < -0.39 is 17.4 Å². The normalized spacial score (nSPS) is 11.0. The fourth-order valence-corrected chi connectivity index (χ4v) is 1.16. The van der Waals surface area contributed by atoms with E-state index in [1.807, 2.05) is 0 Å². The number of pyridine rings is 1. The molecule has 0 saturated carbocycles. The molecule has 0 aliphatic heterocycles. The number of hydrogen-bond acceptors (Lipinski definition) is 4. The zero-order valence-corrected chi connectivity index (χ0v) is 10.2. The topological polar surface area (TPSA) is 111 Å². The molecule has 1 aromatic rings. The van der Waals surface area contributed by atoms with Gasteiger partial charge in [0.1, 0.15) is 11.4 Å². The summed E-state index contributed by atoms with van der Waals surface area (Å²) < 4.78 is 0. The van der Waals surface area contributed by atoms with Crippen molar-refractivity contribution in [3.05, 3.63) is 22.8 Å². The van der Waals surface area contributed by atoms with Crippen LogP contribution in [0.1, 0.15) is 24.2 Å². The molecule has 0 fully saturated rings. The van der Waals surface area contributed by atoms with Gasteiger partial charge >= 0.3 is 0 Å². The minimum Gasteiger partial charge on any atom is -0.382 e. The zero-order valence-electron chi connectivity index (χ0n) is 9.45. The molecule has 0 unspecified atom stereocenters. The Balaban J connectivity index is 2.91. The van der Waals surface area contributed by atoms with Gasteiger partial charge in [0, 0.05) is 6.20 Å². The molecule has 6 nitrogen and oxygen atoms in total. The van der Waals surface area contributed by atoms with Crippen LogP contribution in [0.5, 0.6) is 0 Å². The van der Waals surface area contributed by atoms with Crippen molar-refractivity contribution in [2.75, 3.05) is 5.73 Å². The van der Waals surface area contributed by atoms with Crippen LogP contribution < -0.4 is 16.8 Å². The molecule has 92 valence electrons. The van der Waals surface area contributed by atoms with E-state index in [9.17, 15) is 9.59 Å². The van der Waals surface area contributed by atoms with Gasteiger partial charge in [-0.1, -0.05) is 11.6 Å². The molecule has 0 aliphatic carbocycles. The summed E-state index contributed by atoms with van der Waals surface area (Å²) in [5.41, 5.74) is 9.61. The van der Waals surface area contributed by atoms with Crippen LogP contribution in [0.3, 0.4) is 0 Å². The standard InChI is InChI=1S/C10H13ClN4O2/c1-10(2,9(13)17)15-8(16)5-3-6(11)7(12)14-4-5/h3-4H,1-2H3,(H2,12,14)(H2,13,17)(H,15,16). The van der Waals surface area contributed by atoms with Gasteiger partial charge in [-0.15, -0.1) is 0 Å². The summed E-state index contributed by atoms with van der Waals surface area (Å²) in [6.45, 7) is 3.00. The number of amides is 2. The average Bonchev–Trinajstić information content (AvgIpc) is 2.21. The molecule has 1 heterocycles. The van der Waals surface area contributed by atoms with Gasteiger partial charge in [0.2, 0.25) is 5.91 Å². The third-order valence-electron chi connectivity index (χ3n) is 2.17. The zero-order chi connectivity index (χ0) is 13.2. The van der Waals surface area contributed by atoms with E-state index in [2.05, 4.69) is 10.3 Å². The quantitative estimate of drug-likeness (QED) is 0.723. The molecule has 1 aromatic heterocycles. The van der Waals surface area contributed by atoms with Crippen LogP contribution in [0, 0.1) is 0 Å². The van der Waals surface area contributed by atoms with Gasteiger partial charge in [-0.25, -0.2) is 4.98 Å². The number of anilines is 1. The van der Waals surface area contributed by atoms with E-state index in [0.717, 1.165) is 0 Å². The van der Waals surface area contributed by atoms with Crippen molar-refractivity contribution >= 4 is 29.2 Å². The van der Waals surface area contributed by atoms with Crippen LogP contribution in [-0.4, -0.2) is 22.3 Å². The first kappa shape index (κ1) is 13.2. The van der Waals surface area contributed by atoms with Crippen molar-refractivity contribution in [1.82, 2.24) is 10.3 Å². The van der Waals surface area contributed by atoms with E-state index >= 15 is 0 Å². The Bertz CT molecular complexity index is 473. The maximum atomic E-state index is 11.8. The Labute approximate surface area is 103 Å². The largest absolute Gasteiger partial charge is 0.382 e. The van der Waals surface area contributed by atoms with Crippen LogP contribution in [0.4, 0.5) is 5.82 Å². The number of rotatable bonds is 3. The maximum Gasteiger partial charge on any atom is 0.253 e. The first-order valence-electron chi connectivity index (χ1n) is 4.77. The van der Waals surface area contributed by atoms with Gasteiger partial charge in [-0.05, 0) is 19.9 Å². The molecule has 0 aromatic carbocycles. The van der Waals surface area contributed by atoms with Gasteiger partial charge in [0.25, 0.3) is 5.91 Å². The Kier molecular flexibility index (Phi) is 3.57. The second-order valence-corrected chi connectivity index (χ2v) is 4.44. The smallest absolute Gasteiger partial charge is 0.253 e. The summed E-state index contributed by atoms with van der Waals surface area (Å²) in [7, 11) is 0. The molecular weight excluding hydrogens is 244 g/mol. The number of nitrogens with two attached hydrogens (primary N) is 2. The van der Waals surface area contributed by atoms with Crippen molar-refractivity contribution in [2.24, 2.45) is 5.73 Å². The van der Waals surface area contributed by atoms with E-state index in [-0.39, 0.29) is 16.4 Å². The Morgan fingerprint density at radius 3 is 2.53 bits per heavy atom. The van der Waals surface area contributed by atoms with E-state index in [4.69, 9.17) is 23.1 Å². The number of nitrogens with one attached hydrogen (secondary N) is 1. The molecule has 2 amide bonds. The minimum absolute atomic E-state index is 0.136. The predicted molar refractivity (Wildman–Crippen MR) is 64.4 cm³/mol. The highest BCUT2D eigenvalue weighted by molar-refractivity contribution is 6.33. The van der Waals surface area contributed by atoms with Crippen LogP contribution >= 0.6 is 11.6 Å². The lowest BCUT2D eigenvalue weighted by Crippen LogP contribution is -2.53. The number of nitrogen functional groups attached to an aromatic ring is 1. The number of aromatic nitrogens is 1. The first-order chi connectivity index (χ1) is 7.74. The molecule has 5 N–H and O–H groups in total. The third-order valence-corrected chi connectivity index (χ3v) is 2.48. The SMILES string of the molecule is CC(C)(NC(=O)c1cnc(N)c(Cl)c1)C(N)=O. The fraction of sp³-hybridized carbons (Fsp3) is 0.300. The predicted octanol–water partition coefficient (Wildman–Crippen LogP) is 0.311. The lowest BCUT2D eigenvalue weighted by atomic mass is 10.0.